The molecule has 5 rings (SSSR count). The number of carbonyl (C=O) groups is 1. The predicted octanol–water partition coefficient (Wildman–Crippen LogP) is 3.58. The van der Waals surface area contributed by atoms with Crippen LogP contribution in [0.15, 0.2) is 52.6 Å². The lowest BCUT2D eigenvalue weighted by molar-refractivity contribution is 0.0630. The van der Waals surface area contributed by atoms with Crippen molar-refractivity contribution in [3.05, 3.63) is 69.3 Å². The van der Waals surface area contributed by atoms with Crippen molar-refractivity contribution in [3.8, 4) is 21.7 Å². The Morgan fingerprint density at radius 1 is 1.23 bits per heavy atom. The molecule has 1 atom stereocenters. The van der Waals surface area contributed by atoms with Crippen LogP contribution >= 0.6 is 11.3 Å². The maximum Gasteiger partial charge on any atom is 0.277 e. The summed E-state index contributed by atoms with van der Waals surface area (Å²) in [7, 11) is 3.57. The first-order valence-corrected chi connectivity index (χ1v) is 11.4. The summed E-state index contributed by atoms with van der Waals surface area (Å²) in [5, 5.41) is 3.94. The third-order valence-electron chi connectivity index (χ3n) is 6.19. The highest BCUT2D eigenvalue weighted by Crippen LogP contribution is 2.38. The molecule has 0 aliphatic carbocycles. The molecule has 31 heavy (non-hydrogen) atoms. The van der Waals surface area contributed by atoms with E-state index >= 15 is 0 Å². The molecule has 0 saturated carbocycles. The van der Waals surface area contributed by atoms with Crippen molar-refractivity contribution in [1.29, 1.82) is 0 Å². The number of pyridine rings is 1. The molecule has 2 aromatic heterocycles. The number of hydrogen-bond acceptors (Lipinski definition) is 5. The molecule has 3 aromatic rings. The molecule has 7 heteroatoms. The van der Waals surface area contributed by atoms with Crippen LogP contribution in [-0.2, 0) is 11.3 Å². The Hall–Kier alpha value is -2.90. The minimum atomic E-state index is -0.103. The fourth-order valence-electron chi connectivity index (χ4n) is 4.74. The molecular formula is C24H25N3O3S. The summed E-state index contributed by atoms with van der Waals surface area (Å²) in [5.41, 5.74) is 3.68. The van der Waals surface area contributed by atoms with Gasteiger partial charge in [-0.3, -0.25) is 9.59 Å². The molecule has 1 aromatic carbocycles. The largest absolute Gasteiger partial charge is 0.383 e. The van der Waals surface area contributed by atoms with Gasteiger partial charge in [-0.05, 0) is 41.5 Å². The van der Waals surface area contributed by atoms with E-state index in [9.17, 15) is 9.59 Å². The van der Waals surface area contributed by atoms with Gasteiger partial charge in [-0.15, -0.1) is 11.3 Å². The summed E-state index contributed by atoms with van der Waals surface area (Å²) < 4.78 is 7.06. The number of amides is 1. The summed E-state index contributed by atoms with van der Waals surface area (Å²) in [6.07, 6.45) is 1.90. The monoisotopic (exact) mass is 435 g/mol. The first kappa shape index (κ1) is 20.0. The Labute approximate surface area is 185 Å². The molecule has 0 unspecified atom stereocenters. The van der Waals surface area contributed by atoms with Crippen molar-refractivity contribution >= 4 is 17.2 Å². The van der Waals surface area contributed by atoms with Crippen LogP contribution in [0.4, 0.5) is 0 Å². The molecular weight excluding hydrogens is 410 g/mol. The van der Waals surface area contributed by atoms with Gasteiger partial charge < -0.3 is 14.6 Å². The van der Waals surface area contributed by atoms with Gasteiger partial charge in [0, 0.05) is 26.3 Å². The van der Waals surface area contributed by atoms with Gasteiger partial charge in [-0.2, -0.15) is 0 Å². The van der Waals surface area contributed by atoms with Gasteiger partial charge in [0.1, 0.15) is 0 Å². The van der Waals surface area contributed by atoms with Gasteiger partial charge in [0.05, 0.1) is 35.3 Å². The molecule has 6 nitrogen and oxygen atoms in total. The maximum atomic E-state index is 13.9. The summed E-state index contributed by atoms with van der Waals surface area (Å²) in [6, 6.07) is 13.5. The number of benzene rings is 1. The number of aromatic nitrogens is 1. The highest BCUT2D eigenvalue weighted by atomic mass is 32.1. The molecule has 0 spiro atoms. The number of thiophene rings is 1. The van der Waals surface area contributed by atoms with Crippen LogP contribution in [0, 0.1) is 0 Å². The van der Waals surface area contributed by atoms with Crippen LogP contribution in [0.1, 0.15) is 28.8 Å². The van der Waals surface area contributed by atoms with Crippen molar-refractivity contribution in [1.82, 2.24) is 9.58 Å². The Kier molecular flexibility index (Phi) is 5.16. The lowest BCUT2D eigenvalue weighted by Gasteiger charge is -2.33. The summed E-state index contributed by atoms with van der Waals surface area (Å²) in [6.45, 7) is 1.86. The lowest BCUT2D eigenvalue weighted by Crippen LogP contribution is -2.45. The van der Waals surface area contributed by atoms with Crippen LogP contribution in [0.3, 0.4) is 0 Å². The molecule has 0 bridgehead atoms. The molecule has 160 valence electrons. The minimum Gasteiger partial charge on any atom is -0.383 e. The molecule has 2 aliphatic heterocycles. The first-order chi connectivity index (χ1) is 15.1. The van der Waals surface area contributed by atoms with Gasteiger partial charge in [0.15, 0.2) is 0 Å². The second-order valence-electron chi connectivity index (χ2n) is 8.14. The number of rotatable bonds is 4. The van der Waals surface area contributed by atoms with Crippen molar-refractivity contribution < 1.29 is 9.53 Å². The normalized spacial score (nSPS) is 17.5. The number of likely N-dealkylation sites (tertiary alicyclic amines) is 1. The molecule has 4 heterocycles. The van der Waals surface area contributed by atoms with Crippen molar-refractivity contribution in [2.24, 2.45) is 0 Å². The maximum absolute atomic E-state index is 13.9. The minimum absolute atomic E-state index is 0.0323. The standard InChI is InChI=1S/C24H25N3O3S/c1-25-14-17-10-12-31-22(17)21-20(23(28)26-11-6-9-18(26)15-30-2)13-19(24(29)27(21)25)16-7-4-3-5-8-16/h3-5,7-8,10,12-13,18H,6,9,11,14-15H2,1-2H3/t18-/m0/s1. The third-order valence-corrected chi connectivity index (χ3v) is 7.16. The van der Waals surface area contributed by atoms with E-state index in [1.807, 2.05) is 52.7 Å². The van der Waals surface area contributed by atoms with E-state index in [0.717, 1.165) is 28.8 Å². The average Bonchev–Trinajstić information content (AvgIpc) is 3.43. The second kappa shape index (κ2) is 7.98. The van der Waals surface area contributed by atoms with Crippen molar-refractivity contribution in [2.45, 2.75) is 25.4 Å². The van der Waals surface area contributed by atoms with E-state index < -0.39 is 0 Å². The number of nitrogens with zero attached hydrogens (tertiary/aromatic N) is 3. The SMILES string of the molecule is COC[C@@H]1CCCN1C(=O)c1cc(-c2ccccc2)c(=O)n2c1-c1sccc1CN2C. The van der Waals surface area contributed by atoms with E-state index in [-0.39, 0.29) is 17.5 Å². The Balaban J connectivity index is 1.75. The average molecular weight is 436 g/mol. The van der Waals surface area contributed by atoms with E-state index in [2.05, 4.69) is 6.07 Å². The van der Waals surface area contributed by atoms with Gasteiger partial charge >= 0.3 is 0 Å². The Morgan fingerprint density at radius 3 is 2.81 bits per heavy atom. The quantitative estimate of drug-likeness (QED) is 0.629. The topological polar surface area (TPSA) is 54.8 Å². The number of carbonyl (C=O) groups excluding carboxylic acids is 1. The zero-order valence-electron chi connectivity index (χ0n) is 17.7. The first-order valence-electron chi connectivity index (χ1n) is 10.5. The van der Waals surface area contributed by atoms with Gasteiger partial charge in [-0.25, -0.2) is 4.68 Å². The fourth-order valence-corrected chi connectivity index (χ4v) is 5.71. The van der Waals surface area contributed by atoms with Crippen LogP contribution in [0.5, 0.6) is 0 Å². The molecule has 0 N–H and O–H groups in total. The van der Waals surface area contributed by atoms with Gasteiger partial charge in [0.2, 0.25) is 0 Å². The number of fused-ring (bicyclic) bond motifs is 3. The van der Waals surface area contributed by atoms with Crippen LogP contribution in [0.2, 0.25) is 0 Å². The van der Waals surface area contributed by atoms with E-state index in [0.29, 0.717) is 36.5 Å². The fraction of sp³-hybridized carbons (Fsp3) is 0.333. The zero-order valence-corrected chi connectivity index (χ0v) is 18.5. The Bertz CT molecular complexity index is 1180. The van der Waals surface area contributed by atoms with Gasteiger partial charge in [0.25, 0.3) is 11.5 Å². The zero-order chi connectivity index (χ0) is 21.5. The number of ether oxygens (including phenoxy) is 1. The third kappa shape index (κ3) is 3.28. The van der Waals surface area contributed by atoms with E-state index in [1.165, 1.54) is 0 Å². The van der Waals surface area contributed by atoms with Crippen molar-refractivity contribution in [3.63, 3.8) is 0 Å². The van der Waals surface area contributed by atoms with E-state index in [1.54, 1.807) is 29.2 Å². The Morgan fingerprint density at radius 2 is 2.03 bits per heavy atom. The highest BCUT2D eigenvalue weighted by Gasteiger charge is 2.35. The summed E-state index contributed by atoms with van der Waals surface area (Å²) in [4.78, 5) is 30.4. The smallest absolute Gasteiger partial charge is 0.277 e. The predicted molar refractivity (Wildman–Crippen MR) is 123 cm³/mol. The summed E-state index contributed by atoms with van der Waals surface area (Å²) in [5.74, 6) is -0.0323. The lowest BCUT2D eigenvalue weighted by atomic mass is 9.99. The summed E-state index contributed by atoms with van der Waals surface area (Å²) >= 11 is 1.58. The number of hydrogen-bond donors (Lipinski definition) is 0. The molecule has 1 fully saturated rings. The van der Waals surface area contributed by atoms with Crippen LogP contribution < -0.4 is 10.6 Å². The molecule has 2 aliphatic rings. The van der Waals surface area contributed by atoms with Crippen LogP contribution in [0.25, 0.3) is 21.7 Å². The second-order valence-corrected chi connectivity index (χ2v) is 9.06. The molecule has 1 saturated heterocycles. The van der Waals surface area contributed by atoms with E-state index in [4.69, 9.17) is 4.74 Å². The number of methoxy groups -OCH3 is 1. The molecule has 0 radical (unpaired) electrons. The van der Waals surface area contributed by atoms with Gasteiger partial charge in [-0.1, -0.05) is 30.3 Å². The van der Waals surface area contributed by atoms with Crippen LogP contribution in [-0.4, -0.2) is 48.8 Å². The van der Waals surface area contributed by atoms with Crippen molar-refractivity contribution in [2.75, 3.05) is 32.3 Å². The molecule has 1 amide bonds. The highest BCUT2D eigenvalue weighted by molar-refractivity contribution is 7.13.